The second-order valence-electron chi connectivity index (χ2n) is 4.02. The predicted molar refractivity (Wildman–Crippen MR) is 60.7 cm³/mol. The van der Waals surface area contributed by atoms with Crippen molar-refractivity contribution >= 4 is 17.2 Å². The third-order valence-corrected chi connectivity index (χ3v) is 3.00. The van der Waals surface area contributed by atoms with Crippen molar-refractivity contribution in [2.75, 3.05) is 6.61 Å². The van der Waals surface area contributed by atoms with E-state index in [9.17, 15) is 0 Å². The number of ether oxygens (including phenoxy) is 1. The summed E-state index contributed by atoms with van der Waals surface area (Å²) in [7, 11) is 0. The molecule has 16 heavy (non-hydrogen) atoms. The zero-order valence-corrected chi connectivity index (χ0v) is 9.52. The molecule has 3 heterocycles. The first-order valence-corrected chi connectivity index (χ1v) is 5.81. The van der Waals surface area contributed by atoms with Gasteiger partial charge in [0.2, 0.25) is 0 Å². The number of hydrogen-bond donors (Lipinski definition) is 0. The van der Waals surface area contributed by atoms with Crippen LogP contribution in [0.1, 0.15) is 18.7 Å². The fraction of sp³-hybridized carbons (Fsp3) is 0.455. The summed E-state index contributed by atoms with van der Waals surface area (Å²) >= 11 is 5.88. The van der Waals surface area contributed by atoms with Gasteiger partial charge in [-0.2, -0.15) is 5.10 Å². The lowest BCUT2D eigenvalue weighted by Crippen LogP contribution is -2.10. The maximum absolute atomic E-state index is 5.88. The Balaban J connectivity index is 1.86. The molecule has 0 aromatic carbocycles. The van der Waals surface area contributed by atoms with Crippen LogP contribution in [0.5, 0.6) is 0 Å². The molecule has 0 saturated carbocycles. The van der Waals surface area contributed by atoms with Crippen LogP contribution in [0.2, 0.25) is 5.02 Å². The average molecular weight is 238 g/mol. The highest BCUT2D eigenvalue weighted by Crippen LogP contribution is 2.16. The van der Waals surface area contributed by atoms with Gasteiger partial charge in [0.1, 0.15) is 0 Å². The van der Waals surface area contributed by atoms with Crippen LogP contribution in [0.25, 0.3) is 5.65 Å². The molecule has 1 fully saturated rings. The van der Waals surface area contributed by atoms with Gasteiger partial charge in [-0.05, 0) is 25.0 Å². The Morgan fingerprint density at radius 3 is 3.25 bits per heavy atom. The van der Waals surface area contributed by atoms with Gasteiger partial charge in [0.15, 0.2) is 11.5 Å². The molecule has 84 valence electrons. The second-order valence-corrected chi connectivity index (χ2v) is 4.45. The average Bonchev–Trinajstić information content (AvgIpc) is 2.86. The molecular weight excluding hydrogens is 226 g/mol. The molecule has 1 unspecified atom stereocenters. The van der Waals surface area contributed by atoms with Crippen LogP contribution < -0.4 is 0 Å². The first kappa shape index (κ1) is 10.1. The first-order valence-electron chi connectivity index (χ1n) is 5.44. The monoisotopic (exact) mass is 237 g/mol. The fourth-order valence-corrected chi connectivity index (χ4v) is 2.15. The Morgan fingerprint density at radius 1 is 1.50 bits per heavy atom. The van der Waals surface area contributed by atoms with Gasteiger partial charge in [-0.25, -0.2) is 9.50 Å². The minimum Gasteiger partial charge on any atom is -0.378 e. The summed E-state index contributed by atoms with van der Waals surface area (Å²) in [5.74, 6) is 0.828. The summed E-state index contributed by atoms with van der Waals surface area (Å²) in [6.07, 6.45) is 5.09. The number of pyridine rings is 1. The SMILES string of the molecule is Clc1ccc2nc(CC3CCCO3)nn2c1. The van der Waals surface area contributed by atoms with Crippen molar-refractivity contribution in [3.05, 3.63) is 29.2 Å². The van der Waals surface area contributed by atoms with Crippen molar-refractivity contribution in [2.45, 2.75) is 25.4 Å². The molecule has 1 aliphatic heterocycles. The highest BCUT2D eigenvalue weighted by Gasteiger charge is 2.18. The Morgan fingerprint density at radius 2 is 2.44 bits per heavy atom. The molecule has 1 atom stereocenters. The van der Waals surface area contributed by atoms with Gasteiger partial charge in [-0.15, -0.1) is 0 Å². The van der Waals surface area contributed by atoms with Crippen molar-refractivity contribution in [1.82, 2.24) is 14.6 Å². The number of fused-ring (bicyclic) bond motifs is 1. The van der Waals surface area contributed by atoms with Gasteiger partial charge in [0.05, 0.1) is 11.1 Å². The van der Waals surface area contributed by atoms with E-state index >= 15 is 0 Å². The van der Waals surface area contributed by atoms with Crippen LogP contribution in [-0.4, -0.2) is 27.3 Å². The fourth-order valence-electron chi connectivity index (χ4n) is 2.00. The molecule has 1 saturated heterocycles. The summed E-state index contributed by atoms with van der Waals surface area (Å²) in [6.45, 7) is 0.865. The smallest absolute Gasteiger partial charge is 0.155 e. The van der Waals surface area contributed by atoms with Crippen LogP contribution >= 0.6 is 11.6 Å². The molecule has 1 aliphatic rings. The molecule has 0 radical (unpaired) electrons. The number of aromatic nitrogens is 3. The lowest BCUT2D eigenvalue weighted by atomic mass is 10.2. The van der Waals surface area contributed by atoms with Gasteiger partial charge in [-0.1, -0.05) is 11.6 Å². The summed E-state index contributed by atoms with van der Waals surface area (Å²) in [6, 6.07) is 3.69. The molecule has 2 aromatic rings. The van der Waals surface area contributed by atoms with Crippen molar-refractivity contribution in [3.63, 3.8) is 0 Å². The molecule has 4 nitrogen and oxygen atoms in total. The molecule has 5 heteroatoms. The first-order chi connectivity index (χ1) is 7.81. The van der Waals surface area contributed by atoms with E-state index in [4.69, 9.17) is 16.3 Å². The lowest BCUT2D eigenvalue weighted by molar-refractivity contribution is 0.110. The topological polar surface area (TPSA) is 39.4 Å². The standard InChI is InChI=1S/C11H12ClN3O/c12-8-3-4-11-13-10(14-15(11)7-8)6-9-2-1-5-16-9/h3-4,7,9H,1-2,5-6H2. The molecule has 0 aliphatic carbocycles. The quantitative estimate of drug-likeness (QED) is 0.803. The van der Waals surface area contributed by atoms with E-state index in [1.807, 2.05) is 12.1 Å². The third kappa shape index (κ3) is 1.90. The summed E-state index contributed by atoms with van der Waals surface area (Å²) in [5.41, 5.74) is 0.831. The van der Waals surface area contributed by atoms with Crippen molar-refractivity contribution < 1.29 is 4.74 Å². The molecule has 0 N–H and O–H groups in total. The molecule has 0 amide bonds. The largest absolute Gasteiger partial charge is 0.378 e. The van der Waals surface area contributed by atoms with E-state index in [-0.39, 0.29) is 6.10 Å². The minimum absolute atomic E-state index is 0.285. The van der Waals surface area contributed by atoms with Gasteiger partial charge < -0.3 is 4.74 Å². The van der Waals surface area contributed by atoms with E-state index in [1.165, 1.54) is 0 Å². The van der Waals surface area contributed by atoms with Crippen LogP contribution in [0.4, 0.5) is 0 Å². The number of nitrogens with zero attached hydrogens (tertiary/aromatic N) is 3. The van der Waals surface area contributed by atoms with Crippen LogP contribution in [0.3, 0.4) is 0 Å². The van der Waals surface area contributed by atoms with Gasteiger partial charge in [-0.3, -0.25) is 0 Å². The maximum atomic E-state index is 5.88. The second kappa shape index (κ2) is 4.03. The van der Waals surface area contributed by atoms with Gasteiger partial charge in [0.25, 0.3) is 0 Å². The molecule has 3 rings (SSSR count). The van der Waals surface area contributed by atoms with Crippen LogP contribution in [0.15, 0.2) is 18.3 Å². The minimum atomic E-state index is 0.285. The Hall–Kier alpha value is -1.13. The maximum Gasteiger partial charge on any atom is 0.155 e. The zero-order valence-electron chi connectivity index (χ0n) is 8.77. The zero-order chi connectivity index (χ0) is 11.0. The Kier molecular flexibility index (Phi) is 2.53. The summed E-state index contributed by atoms with van der Waals surface area (Å²) in [5, 5.41) is 5.05. The van der Waals surface area contributed by atoms with Crippen molar-refractivity contribution in [3.8, 4) is 0 Å². The highest BCUT2D eigenvalue weighted by molar-refractivity contribution is 6.30. The van der Waals surface area contributed by atoms with Gasteiger partial charge in [0, 0.05) is 19.2 Å². The molecule has 0 spiro atoms. The van der Waals surface area contributed by atoms with Crippen LogP contribution in [0, 0.1) is 0 Å². The summed E-state index contributed by atoms with van der Waals surface area (Å²) < 4.78 is 7.28. The molecule has 2 aromatic heterocycles. The molecule has 0 bridgehead atoms. The number of halogens is 1. The van der Waals surface area contributed by atoms with E-state index in [2.05, 4.69) is 10.1 Å². The predicted octanol–water partition coefficient (Wildman–Crippen LogP) is 2.10. The van der Waals surface area contributed by atoms with Crippen LogP contribution in [-0.2, 0) is 11.2 Å². The normalized spacial score (nSPS) is 20.7. The number of hydrogen-bond acceptors (Lipinski definition) is 3. The van der Waals surface area contributed by atoms with E-state index in [0.29, 0.717) is 5.02 Å². The van der Waals surface area contributed by atoms with E-state index in [0.717, 1.165) is 37.3 Å². The van der Waals surface area contributed by atoms with Crippen molar-refractivity contribution in [1.29, 1.82) is 0 Å². The third-order valence-electron chi connectivity index (χ3n) is 2.77. The molecular formula is C11H12ClN3O. The Bertz CT molecular complexity index is 505. The van der Waals surface area contributed by atoms with E-state index < -0.39 is 0 Å². The van der Waals surface area contributed by atoms with Crippen molar-refractivity contribution in [2.24, 2.45) is 0 Å². The Labute approximate surface area is 98.2 Å². The van der Waals surface area contributed by atoms with E-state index in [1.54, 1.807) is 10.7 Å². The van der Waals surface area contributed by atoms with Gasteiger partial charge >= 0.3 is 0 Å². The lowest BCUT2D eigenvalue weighted by Gasteiger charge is -2.04. The number of rotatable bonds is 2. The summed E-state index contributed by atoms with van der Waals surface area (Å²) in [4.78, 5) is 4.43. The highest BCUT2D eigenvalue weighted by atomic mass is 35.5.